The number of unbranched alkanes of at least 4 members (excludes halogenated alkanes) is 3. The quantitative estimate of drug-likeness (QED) is 0.303. The normalized spacial score (nSPS) is 10.5. The summed E-state index contributed by atoms with van der Waals surface area (Å²) in [6.07, 6.45) is 4.87. The van der Waals surface area contributed by atoms with Gasteiger partial charge in [-0.3, -0.25) is 0 Å². The molecule has 0 aliphatic heterocycles. The van der Waals surface area contributed by atoms with Crippen LogP contribution < -0.4 is 10.4 Å². The molecule has 24 heavy (non-hydrogen) atoms. The fraction of sp³-hybridized carbons (Fsp3) is 0.368. The summed E-state index contributed by atoms with van der Waals surface area (Å²) in [4.78, 5) is 22.3. The Labute approximate surface area is 140 Å². The zero-order chi connectivity index (χ0) is 17.4. The largest absolute Gasteiger partial charge is 0.493 e. The average Bonchev–Trinajstić information content (AvgIpc) is 2.56. The molecular weight excluding hydrogens is 308 g/mol. The molecule has 0 atom stereocenters. The molecule has 0 bridgehead atoms. The van der Waals surface area contributed by atoms with Crippen molar-refractivity contribution in [2.24, 2.45) is 0 Å². The summed E-state index contributed by atoms with van der Waals surface area (Å²) in [6.45, 7) is 6.24. The molecular formula is C19H22O5. The topological polar surface area (TPSA) is 65.7 Å². The molecule has 0 saturated heterocycles. The third kappa shape index (κ3) is 5.26. The van der Waals surface area contributed by atoms with E-state index in [9.17, 15) is 9.59 Å². The maximum atomic E-state index is 11.4. The number of esters is 1. The lowest BCUT2D eigenvalue weighted by atomic mass is 10.1. The Morgan fingerprint density at radius 2 is 1.92 bits per heavy atom. The zero-order valence-corrected chi connectivity index (χ0v) is 13.9. The van der Waals surface area contributed by atoms with E-state index >= 15 is 0 Å². The first kappa shape index (κ1) is 17.8. The SMILES string of the molecule is C=CC(=O)OCCCCCCOc1ccc2c(C)cc(=O)oc2c1. The van der Waals surface area contributed by atoms with E-state index in [1.165, 1.54) is 12.1 Å². The molecule has 2 rings (SSSR count). The molecule has 1 heterocycles. The number of fused-ring (bicyclic) bond motifs is 1. The summed E-state index contributed by atoms with van der Waals surface area (Å²) >= 11 is 0. The van der Waals surface area contributed by atoms with E-state index < -0.39 is 0 Å². The molecule has 5 heteroatoms. The summed E-state index contributed by atoms with van der Waals surface area (Å²) in [7, 11) is 0. The molecule has 2 aromatic rings. The summed E-state index contributed by atoms with van der Waals surface area (Å²) in [5, 5.41) is 0.913. The van der Waals surface area contributed by atoms with E-state index in [-0.39, 0.29) is 11.6 Å². The van der Waals surface area contributed by atoms with E-state index in [1.54, 1.807) is 6.07 Å². The van der Waals surface area contributed by atoms with Crippen LogP contribution in [-0.2, 0) is 9.53 Å². The highest BCUT2D eigenvalue weighted by Gasteiger charge is 2.04. The molecule has 0 fully saturated rings. The van der Waals surface area contributed by atoms with E-state index in [0.29, 0.717) is 24.5 Å². The van der Waals surface area contributed by atoms with Gasteiger partial charge < -0.3 is 13.9 Å². The van der Waals surface area contributed by atoms with Gasteiger partial charge in [0.05, 0.1) is 13.2 Å². The van der Waals surface area contributed by atoms with Gasteiger partial charge >= 0.3 is 11.6 Å². The predicted molar refractivity (Wildman–Crippen MR) is 92.3 cm³/mol. The van der Waals surface area contributed by atoms with Crippen LogP contribution >= 0.6 is 0 Å². The molecule has 0 radical (unpaired) electrons. The van der Waals surface area contributed by atoms with Gasteiger partial charge in [-0.05, 0) is 50.3 Å². The highest BCUT2D eigenvalue weighted by molar-refractivity contribution is 5.81. The zero-order valence-electron chi connectivity index (χ0n) is 13.9. The van der Waals surface area contributed by atoms with Crippen molar-refractivity contribution >= 4 is 16.9 Å². The minimum Gasteiger partial charge on any atom is -0.493 e. The Kier molecular flexibility index (Phi) is 6.61. The van der Waals surface area contributed by atoms with Gasteiger partial charge in [0.1, 0.15) is 11.3 Å². The number of hydrogen-bond acceptors (Lipinski definition) is 5. The average molecular weight is 330 g/mol. The Morgan fingerprint density at radius 1 is 1.17 bits per heavy atom. The molecule has 5 nitrogen and oxygen atoms in total. The fourth-order valence-corrected chi connectivity index (χ4v) is 2.37. The first-order valence-corrected chi connectivity index (χ1v) is 8.06. The number of carbonyl (C=O) groups is 1. The van der Waals surface area contributed by atoms with Crippen molar-refractivity contribution in [1.82, 2.24) is 0 Å². The summed E-state index contributed by atoms with van der Waals surface area (Å²) in [6, 6.07) is 7.01. The maximum absolute atomic E-state index is 11.4. The molecule has 0 saturated carbocycles. The second-order valence-electron chi connectivity index (χ2n) is 5.54. The van der Waals surface area contributed by atoms with E-state index in [2.05, 4.69) is 6.58 Å². The molecule has 0 aliphatic rings. The first-order valence-electron chi connectivity index (χ1n) is 8.06. The molecule has 0 aliphatic carbocycles. The van der Waals surface area contributed by atoms with Crippen LogP contribution in [0.15, 0.2) is 46.1 Å². The monoisotopic (exact) mass is 330 g/mol. The Balaban J connectivity index is 1.71. The summed E-state index contributed by atoms with van der Waals surface area (Å²) in [5.41, 5.74) is 1.08. The van der Waals surface area contributed by atoms with Crippen LogP contribution in [0.1, 0.15) is 31.2 Å². The lowest BCUT2D eigenvalue weighted by Crippen LogP contribution is -2.02. The van der Waals surface area contributed by atoms with Gasteiger partial charge in [-0.1, -0.05) is 6.58 Å². The Morgan fingerprint density at radius 3 is 2.67 bits per heavy atom. The predicted octanol–water partition coefficient (Wildman–Crippen LogP) is 3.77. The number of ether oxygens (including phenoxy) is 2. The minimum absolute atomic E-state index is 0.352. The van der Waals surface area contributed by atoms with Gasteiger partial charge in [0, 0.05) is 23.6 Å². The highest BCUT2D eigenvalue weighted by atomic mass is 16.5. The maximum Gasteiger partial charge on any atom is 0.336 e. The van der Waals surface area contributed by atoms with Crippen LogP contribution in [0.25, 0.3) is 11.0 Å². The smallest absolute Gasteiger partial charge is 0.336 e. The molecule has 1 aromatic heterocycles. The molecule has 0 N–H and O–H groups in total. The number of benzene rings is 1. The Bertz CT molecular complexity index is 760. The van der Waals surface area contributed by atoms with E-state index in [1.807, 2.05) is 19.1 Å². The number of carbonyl (C=O) groups excluding carboxylic acids is 1. The lowest BCUT2D eigenvalue weighted by molar-refractivity contribution is -0.137. The molecule has 0 amide bonds. The van der Waals surface area contributed by atoms with Crippen molar-refractivity contribution in [3.8, 4) is 5.75 Å². The Hall–Kier alpha value is -2.56. The highest BCUT2D eigenvalue weighted by Crippen LogP contribution is 2.22. The summed E-state index contributed by atoms with van der Waals surface area (Å²) in [5.74, 6) is 0.313. The summed E-state index contributed by atoms with van der Waals surface area (Å²) < 4.78 is 15.8. The molecule has 0 unspecified atom stereocenters. The van der Waals surface area contributed by atoms with Crippen molar-refractivity contribution in [2.75, 3.05) is 13.2 Å². The second-order valence-corrected chi connectivity index (χ2v) is 5.54. The van der Waals surface area contributed by atoms with Crippen LogP contribution in [0.3, 0.4) is 0 Å². The second kappa shape index (κ2) is 8.91. The van der Waals surface area contributed by atoms with Crippen molar-refractivity contribution in [1.29, 1.82) is 0 Å². The van der Waals surface area contributed by atoms with Gasteiger partial charge in [0.25, 0.3) is 0 Å². The van der Waals surface area contributed by atoms with Gasteiger partial charge in [-0.25, -0.2) is 9.59 Å². The third-order valence-electron chi connectivity index (χ3n) is 3.64. The molecule has 128 valence electrons. The molecule has 0 spiro atoms. The van der Waals surface area contributed by atoms with Crippen molar-refractivity contribution < 1.29 is 18.7 Å². The van der Waals surface area contributed by atoms with Crippen LogP contribution in [0, 0.1) is 6.92 Å². The number of aryl methyl sites for hydroxylation is 1. The van der Waals surface area contributed by atoms with E-state index in [0.717, 1.165) is 36.6 Å². The van der Waals surface area contributed by atoms with Gasteiger partial charge in [-0.15, -0.1) is 0 Å². The minimum atomic E-state index is -0.378. The van der Waals surface area contributed by atoms with Crippen molar-refractivity contribution in [3.63, 3.8) is 0 Å². The first-order chi connectivity index (χ1) is 11.6. The fourth-order valence-electron chi connectivity index (χ4n) is 2.37. The van der Waals surface area contributed by atoms with Gasteiger partial charge in [0.15, 0.2) is 0 Å². The standard InChI is InChI=1S/C19H22O5/c1-3-18(20)23-11-7-5-4-6-10-22-15-8-9-16-14(2)12-19(21)24-17(16)13-15/h3,8-9,12-13H,1,4-7,10-11H2,2H3. The van der Waals surface area contributed by atoms with E-state index in [4.69, 9.17) is 13.9 Å². The van der Waals surface area contributed by atoms with Crippen molar-refractivity contribution in [2.45, 2.75) is 32.6 Å². The van der Waals surface area contributed by atoms with Crippen molar-refractivity contribution in [3.05, 3.63) is 52.9 Å². The van der Waals surface area contributed by atoms with Crippen LogP contribution in [0.4, 0.5) is 0 Å². The van der Waals surface area contributed by atoms with Gasteiger partial charge in [-0.2, -0.15) is 0 Å². The van der Waals surface area contributed by atoms with Gasteiger partial charge in [0.2, 0.25) is 0 Å². The molecule has 1 aromatic carbocycles. The van der Waals surface area contributed by atoms with Crippen LogP contribution in [0.5, 0.6) is 5.75 Å². The van der Waals surface area contributed by atoms with Crippen LogP contribution in [0.2, 0.25) is 0 Å². The number of rotatable bonds is 9. The number of hydrogen-bond donors (Lipinski definition) is 0. The third-order valence-corrected chi connectivity index (χ3v) is 3.64. The lowest BCUT2D eigenvalue weighted by Gasteiger charge is -2.07. The van der Waals surface area contributed by atoms with Crippen LogP contribution in [-0.4, -0.2) is 19.2 Å².